The minimum atomic E-state index is 0.806. The SMILES string of the molecule is CC1CC=C(Cc2cccs2)S1. The molecule has 0 amide bonds. The highest BCUT2D eigenvalue weighted by Gasteiger charge is 2.13. The molecule has 0 bridgehead atoms. The second-order valence-corrected chi connectivity index (χ2v) is 5.69. The van der Waals surface area contributed by atoms with Crippen molar-refractivity contribution >= 4 is 23.1 Å². The maximum absolute atomic E-state index is 2.38. The lowest BCUT2D eigenvalue weighted by molar-refractivity contribution is 1.00. The first-order chi connectivity index (χ1) is 5.84. The van der Waals surface area contributed by atoms with Gasteiger partial charge in [0.1, 0.15) is 0 Å². The van der Waals surface area contributed by atoms with Gasteiger partial charge in [-0.05, 0) is 22.8 Å². The molecule has 64 valence electrons. The van der Waals surface area contributed by atoms with Crippen molar-refractivity contribution in [1.29, 1.82) is 0 Å². The highest BCUT2D eigenvalue weighted by Crippen LogP contribution is 2.34. The molecule has 0 saturated carbocycles. The van der Waals surface area contributed by atoms with E-state index in [-0.39, 0.29) is 0 Å². The molecular weight excluding hydrogens is 184 g/mol. The van der Waals surface area contributed by atoms with Gasteiger partial charge in [0.15, 0.2) is 0 Å². The van der Waals surface area contributed by atoms with E-state index in [1.54, 1.807) is 4.91 Å². The maximum atomic E-state index is 2.38. The summed E-state index contributed by atoms with van der Waals surface area (Å²) < 4.78 is 0. The molecule has 2 heterocycles. The van der Waals surface area contributed by atoms with Crippen LogP contribution in [0, 0.1) is 0 Å². The first-order valence-corrected chi connectivity index (χ1v) is 5.98. The monoisotopic (exact) mass is 196 g/mol. The third-order valence-electron chi connectivity index (χ3n) is 1.96. The topological polar surface area (TPSA) is 0 Å². The zero-order valence-electron chi connectivity index (χ0n) is 7.12. The molecular formula is C10H12S2. The number of rotatable bonds is 2. The fraction of sp³-hybridized carbons (Fsp3) is 0.400. The van der Waals surface area contributed by atoms with Crippen molar-refractivity contribution in [3.8, 4) is 0 Å². The third-order valence-corrected chi connectivity index (χ3v) is 4.04. The van der Waals surface area contributed by atoms with Crippen LogP contribution < -0.4 is 0 Å². The summed E-state index contributed by atoms with van der Waals surface area (Å²) in [5, 5.41) is 2.96. The van der Waals surface area contributed by atoms with Crippen molar-refractivity contribution in [1.82, 2.24) is 0 Å². The number of hydrogen-bond donors (Lipinski definition) is 0. The van der Waals surface area contributed by atoms with E-state index < -0.39 is 0 Å². The zero-order valence-corrected chi connectivity index (χ0v) is 8.75. The normalized spacial score (nSPS) is 22.8. The van der Waals surface area contributed by atoms with Crippen molar-refractivity contribution in [2.75, 3.05) is 0 Å². The highest BCUT2D eigenvalue weighted by atomic mass is 32.2. The standard InChI is InChI=1S/C10H12S2/c1-8-4-5-10(12-8)7-9-3-2-6-11-9/h2-3,5-6,8H,4,7H2,1H3. The van der Waals surface area contributed by atoms with Gasteiger partial charge in [-0.15, -0.1) is 23.1 Å². The van der Waals surface area contributed by atoms with Crippen LogP contribution in [0.1, 0.15) is 18.2 Å². The van der Waals surface area contributed by atoms with Crippen LogP contribution in [0.15, 0.2) is 28.5 Å². The molecule has 0 saturated heterocycles. The summed E-state index contributed by atoms with van der Waals surface area (Å²) in [6, 6.07) is 4.35. The molecule has 1 aliphatic rings. The van der Waals surface area contributed by atoms with Gasteiger partial charge in [-0.1, -0.05) is 19.1 Å². The van der Waals surface area contributed by atoms with Gasteiger partial charge in [-0.25, -0.2) is 0 Å². The van der Waals surface area contributed by atoms with Crippen LogP contribution in [0.5, 0.6) is 0 Å². The average Bonchev–Trinajstić information content (AvgIpc) is 2.63. The van der Waals surface area contributed by atoms with Crippen LogP contribution in [0.2, 0.25) is 0 Å². The molecule has 1 aromatic heterocycles. The van der Waals surface area contributed by atoms with Gasteiger partial charge < -0.3 is 0 Å². The molecule has 1 aliphatic heterocycles. The molecule has 2 rings (SSSR count). The lowest BCUT2D eigenvalue weighted by atomic mass is 10.2. The van der Waals surface area contributed by atoms with Gasteiger partial charge in [0.2, 0.25) is 0 Å². The fourth-order valence-corrected chi connectivity index (χ4v) is 3.31. The second kappa shape index (κ2) is 3.67. The van der Waals surface area contributed by atoms with E-state index in [9.17, 15) is 0 Å². The van der Waals surface area contributed by atoms with Gasteiger partial charge in [0, 0.05) is 16.5 Å². The maximum Gasteiger partial charge on any atom is 0.0126 e. The molecule has 0 spiro atoms. The van der Waals surface area contributed by atoms with Crippen LogP contribution in [-0.4, -0.2) is 5.25 Å². The van der Waals surface area contributed by atoms with E-state index in [2.05, 4.69) is 30.5 Å². The van der Waals surface area contributed by atoms with Crippen molar-refractivity contribution in [3.63, 3.8) is 0 Å². The first-order valence-electron chi connectivity index (χ1n) is 4.22. The van der Waals surface area contributed by atoms with E-state index in [0.29, 0.717) is 0 Å². The van der Waals surface area contributed by atoms with Gasteiger partial charge in [-0.3, -0.25) is 0 Å². The Morgan fingerprint density at radius 3 is 3.08 bits per heavy atom. The molecule has 0 radical (unpaired) electrons. The molecule has 1 aromatic rings. The van der Waals surface area contributed by atoms with E-state index in [0.717, 1.165) is 11.7 Å². The van der Waals surface area contributed by atoms with Gasteiger partial charge >= 0.3 is 0 Å². The Labute approximate surface area is 81.7 Å². The molecule has 0 nitrogen and oxygen atoms in total. The van der Waals surface area contributed by atoms with E-state index in [1.807, 2.05) is 23.1 Å². The van der Waals surface area contributed by atoms with Gasteiger partial charge in [0.25, 0.3) is 0 Å². The molecule has 0 aromatic carbocycles. The Morgan fingerprint density at radius 1 is 1.58 bits per heavy atom. The predicted molar refractivity (Wildman–Crippen MR) is 57.8 cm³/mol. The second-order valence-electron chi connectivity index (χ2n) is 3.09. The molecule has 0 N–H and O–H groups in total. The zero-order chi connectivity index (χ0) is 8.39. The molecule has 1 atom stereocenters. The molecule has 0 fully saturated rings. The van der Waals surface area contributed by atoms with Crippen LogP contribution in [0.4, 0.5) is 0 Å². The summed E-state index contributed by atoms with van der Waals surface area (Å²) in [5.74, 6) is 0. The molecule has 2 heteroatoms. The van der Waals surface area contributed by atoms with Crippen molar-refractivity contribution in [2.24, 2.45) is 0 Å². The number of thioether (sulfide) groups is 1. The lowest BCUT2D eigenvalue weighted by Crippen LogP contribution is -1.85. The van der Waals surface area contributed by atoms with Crippen LogP contribution in [0.3, 0.4) is 0 Å². The van der Waals surface area contributed by atoms with Crippen LogP contribution >= 0.6 is 23.1 Å². The molecule has 0 aliphatic carbocycles. The Bertz CT molecular complexity index is 272. The fourth-order valence-electron chi connectivity index (χ4n) is 1.35. The summed E-state index contributed by atoms with van der Waals surface area (Å²) in [5.41, 5.74) is 0. The summed E-state index contributed by atoms with van der Waals surface area (Å²) in [4.78, 5) is 3.05. The van der Waals surface area contributed by atoms with Gasteiger partial charge in [-0.2, -0.15) is 0 Å². The Morgan fingerprint density at radius 2 is 2.50 bits per heavy atom. The highest BCUT2D eigenvalue weighted by molar-refractivity contribution is 8.03. The Hall–Kier alpha value is -0.210. The Kier molecular flexibility index (Phi) is 2.57. The van der Waals surface area contributed by atoms with Crippen molar-refractivity contribution < 1.29 is 0 Å². The van der Waals surface area contributed by atoms with Crippen molar-refractivity contribution in [2.45, 2.75) is 25.0 Å². The number of allylic oxidation sites excluding steroid dienone is 2. The van der Waals surface area contributed by atoms with E-state index in [4.69, 9.17) is 0 Å². The predicted octanol–water partition coefficient (Wildman–Crippen LogP) is 3.70. The van der Waals surface area contributed by atoms with Crippen molar-refractivity contribution in [3.05, 3.63) is 33.4 Å². The summed E-state index contributed by atoms with van der Waals surface area (Å²) in [6.07, 6.45) is 4.80. The summed E-state index contributed by atoms with van der Waals surface area (Å²) in [6.45, 7) is 2.29. The largest absolute Gasteiger partial charge is 0.149 e. The lowest BCUT2D eigenvalue weighted by Gasteiger charge is -2.01. The number of thiophene rings is 1. The smallest absolute Gasteiger partial charge is 0.0126 e. The minimum absolute atomic E-state index is 0.806. The first kappa shape index (κ1) is 8.39. The van der Waals surface area contributed by atoms with Crippen LogP contribution in [0.25, 0.3) is 0 Å². The third kappa shape index (κ3) is 1.93. The molecule has 12 heavy (non-hydrogen) atoms. The summed E-state index contributed by atoms with van der Waals surface area (Å²) >= 11 is 3.89. The molecule has 1 unspecified atom stereocenters. The van der Waals surface area contributed by atoms with Gasteiger partial charge in [0.05, 0.1) is 0 Å². The summed E-state index contributed by atoms with van der Waals surface area (Å²) in [7, 11) is 0. The Balaban J connectivity index is 1.97. The average molecular weight is 196 g/mol. The van der Waals surface area contributed by atoms with E-state index >= 15 is 0 Å². The number of hydrogen-bond acceptors (Lipinski definition) is 2. The van der Waals surface area contributed by atoms with Crippen LogP contribution in [-0.2, 0) is 6.42 Å². The quantitative estimate of drug-likeness (QED) is 0.695. The van der Waals surface area contributed by atoms with E-state index in [1.165, 1.54) is 11.3 Å². The minimum Gasteiger partial charge on any atom is -0.149 e.